The first kappa shape index (κ1) is 20.3. The second kappa shape index (κ2) is 10.2. The van der Waals surface area contributed by atoms with Crippen molar-refractivity contribution in [1.29, 1.82) is 0 Å². The molecule has 0 bridgehead atoms. The van der Waals surface area contributed by atoms with Crippen LogP contribution in [0.4, 0.5) is 0 Å². The highest BCUT2D eigenvalue weighted by atomic mass is 16.4. The van der Waals surface area contributed by atoms with E-state index in [-0.39, 0.29) is 12.0 Å². The molecule has 0 aromatic heterocycles. The minimum Gasteiger partial charge on any atom is -0.481 e. The zero-order chi connectivity index (χ0) is 18.8. The van der Waals surface area contributed by atoms with Crippen LogP contribution in [-0.2, 0) is 14.4 Å². The summed E-state index contributed by atoms with van der Waals surface area (Å²) in [5.74, 6) is -4.48. The molecule has 0 aliphatic carbocycles. The molecular weight excluding hydrogens is 328 g/mol. The highest BCUT2D eigenvalue weighted by molar-refractivity contribution is 6.07. The van der Waals surface area contributed by atoms with Crippen molar-refractivity contribution in [1.82, 2.24) is 4.90 Å². The number of imide groups is 1. The first-order chi connectivity index (χ1) is 11.9. The van der Waals surface area contributed by atoms with Gasteiger partial charge in [0.25, 0.3) is 5.91 Å². The number of hydrogen-bond donors (Lipinski definition) is 3. The first-order valence-electron chi connectivity index (χ1n) is 7.94. The third kappa shape index (κ3) is 6.34. The number of carbonyl (C=O) groups excluding carboxylic acids is 2. The molecule has 4 N–H and O–H groups in total. The fourth-order valence-electron chi connectivity index (χ4n) is 2.32. The van der Waals surface area contributed by atoms with Crippen LogP contribution in [0.25, 0.3) is 0 Å². The number of benzene rings is 1. The quantitative estimate of drug-likeness (QED) is 0.537. The monoisotopic (exact) mass is 350 g/mol. The molecule has 1 aromatic carbocycles. The van der Waals surface area contributed by atoms with Gasteiger partial charge in [-0.05, 0) is 31.5 Å². The Morgan fingerprint density at radius 2 is 1.64 bits per heavy atom. The van der Waals surface area contributed by atoms with Crippen LogP contribution in [0.2, 0.25) is 0 Å². The fraction of sp³-hybridized carbons (Fsp3) is 0.412. The van der Waals surface area contributed by atoms with Crippen LogP contribution in [0, 0.1) is 0 Å². The fourth-order valence-corrected chi connectivity index (χ4v) is 2.32. The largest absolute Gasteiger partial charge is 0.481 e. The van der Waals surface area contributed by atoms with E-state index in [1.54, 1.807) is 18.2 Å². The molecule has 2 amide bonds. The van der Waals surface area contributed by atoms with Crippen molar-refractivity contribution in [2.75, 3.05) is 6.54 Å². The Morgan fingerprint density at radius 3 is 2.16 bits per heavy atom. The summed E-state index contributed by atoms with van der Waals surface area (Å²) in [6.45, 7) is 0.470. The molecule has 136 valence electrons. The lowest BCUT2D eigenvalue weighted by molar-refractivity contribution is -0.152. The second-order valence-electron chi connectivity index (χ2n) is 5.49. The Hall–Kier alpha value is -2.74. The third-order valence-corrected chi connectivity index (χ3v) is 3.57. The number of carbonyl (C=O) groups is 4. The maximum atomic E-state index is 12.6. The number of rotatable bonds is 10. The van der Waals surface area contributed by atoms with Crippen molar-refractivity contribution >= 4 is 23.8 Å². The van der Waals surface area contributed by atoms with Crippen molar-refractivity contribution < 1.29 is 29.4 Å². The van der Waals surface area contributed by atoms with Gasteiger partial charge in [0.05, 0.1) is 6.42 Å². The molecule has 0 saturated carbocycles. The summed E-state index contributed by atoms with van der Waals surface area (Å²) in [5, 5.41) is 18.3. The van der Waals surface area contributed by atoms with Gasteiger partial charge in [0.15, 0.2) is 0 Å². The molecular formula is C17H22N2O6. The molecule has 8 heteroatoms. The van der Waals surface area contributed by atoms with E-state index in [0.717, 1.165) is 0 Å². The van der Waals surface area contributed by atoms with Gasteiger partial charge >= 0.3 is 11.9 Å². The first-order valence-corrected chi connectivity index (χ1v) is 7.94. The zero-order valence-corrected chi connectivity index (χ0v) is 13.8. The minimum absolute atomic E-state index is 0.0536. The maximum absolute atomic E-state index is 12.6. The molecule has 0 heterocycles. The number of hydrogen-bond acceptors (Lipinski definition) is 5. The molecule has 25 heavy (non-hydrogen) atoms. The molecule has 0 radical (unpaired) electrons. The standard InChI is InChI=1S/C17H22N2O6/c18-10-6-2-5-9-14(20)19(13(17(24)25)11-15(21)22)16(23)12-7-3-1-4-8-12/h1,3-4,7-8,13H,2,5-6,9-11,18H2,(H,21,22)(H,24,25). The smallest absolute Gasteiger partial charge is 0.327 e. The minimum atomic E-state index is -1.76. The molecule has 1 unspecified atom stereocenters. The Bertz CT molecular complexity index is 617. The number of unbranched alkanes of at least 4 members (excludes halogenated alkanes) is 2. The Balaban J connectivity index is 3.07. The Kier molecular flexibility index (Phi) is 8.28. The van der Waals surface area contributed by atoms with Crippen LogP contribution in [0.15, 0.2) is 30.3 Å². The number of amides is 2. The summed E-state index contributed by atoms with van der Waals surface area (Å²) in [6, 6.07) is 5.94. The molecule has 8 nitrogen and oxygen atoms in total. The number of nitrogens with zero attached hydrogens (tertiary/aromatic N) is 1. The van der Waals surface area contributed by atoms with Crippen LogP contribution >= 0.6 is 0 Å². The second-order valence-corrected chi connectivity index (χ2v) is 5.49. The SMILES string of the molecule is NCCCCCC(=O)N(C(=O)c1ccccc1)C(CC(=O)O)C(=O)O. The van der Waals surface area contributed by atoms with E-state index in [4.69, 9.17) is 10.8 Å². The van der Waals surface area contributed by atoms with Crippen LogP contribution < -0.4 is 5.73 Å². The molecule has 0 saturated heterocycles. The van der Waals surface area contributed by atoms with Gasteiger partial charge in [0.1, 0.15) is 6.04 Å². The average molecular weight is 350 g/mol. The van der Waals surface area contributed by atoms with E-state index in [1.165, 1.54) is 12.1 Å². The van der Waals surface area contributed by atoms with Crippen LogP contribution in [0.5, 0.6) is 0 Å². The van der Waals surface area contributed by atoms with Crippen molar-refractivity contribution in [3.05, 3.63) is 35.9 Å². The Labute approximate surface area is 145 Å². The summed E-state index contributed by atoms with van der Waals surface area (Å²) in [6.07, 6.45) is 0.891. The summed E-state index contributed by atoms with van der Waals surface area (Å²) in [4.78, 5) is 48.1. The van der Waals surface area contributed by atoms with E-state index in [2.05, 4.69) is 0 Å². The molecule has 1 rings (SSSR count). The summed E-state index contributed by atoms with van der Waals surface area (Å²) < 4.78 is 0. The molecule has 0 aliphatic heterocycles. The number of nitrogens with two attached hydrogens (primary N) is 1. The maximum Gasteiger partial charge on any atom is 0.327 e. The van der Waals surface area contributed by atoms with E-state index in [1.807, 2.05) is 0 Å². The van der Waals surface area contributed by atoms with Crippen LogP contribution in [-0.4, -0.2) is 51.5 Å². The van der Waals surface area contributed by atoms with Crippen molar-refractivity contribution in [2.24, 2.45) is 5.73 Å². The van der Waals surface area contributed by atoms with E-state index < -0.39 is 36.2 Å². The third-order valence-electron chi connectivity index (χ3n) is 3.57. The van der Waals surface area contributed by atoms with Crippen LogP contribution in [0.3, 0.4) is 0 Å². The van der Waals surface area contributed by atoms with Gasteiger partial charge in [0, 0.05) is 12.0 Å². The lowest BCUT2D eigenvalue weighted by Crippen LogP contribution is -2.49. The summed E-state index contributed by atoms with van der Waals surface area (Å²) >= 11 is 0. The van der Waals surface area contributed by atoms with Gasteiger partial charge in [-0.3, -0.25) is 19.3 Å². The number of carboxylic acid groups (broad SMARTS) is 2. The highest BCUT2D eigenvalue weighted by Gasteiger charge is 2.36. The summed E-state index contributed by atoms with van der Waals surface area (Å²) in [7, 11) is 0. The topological polar surface area (TPSA) is 138 Å². The Morgan fingerprint density at radius 1 is 1.00 bits per heavy atom. The molecule has 0 aliphatic rings. The van der Waals surface area contributed by atoms with Crippen molar-refractivity contribution in [3.8, 4) is 0 Å². The average Bonchev–Trinajstić information content (AvgIpc) is 2.58. The van der Waals surface area contributed by atoms with Gasteiger partial charge in [-0.25, -0.2) is 4.79 Å². The zero-order valence-electron chi connectivity index (χ0n) is 13.8. The van der Waals surface area contributed by atoms with E-state index >= 15 is 0 Å². The predicted octanol–water partition coefficient (Wildman–Crippen LogP) is 1.10. The van der Waals surface area contributed by atoms with E-state index in [9.17, 15) is 24.3 Å². The van der Waals surface area contributed by atoms with Crippen molar-refractivity contribution in [3.63, 3.8) is 0 Å². The lowest BCUT2D eigenvalue weighted by atomic mass is 10.1. The van der Waals surface area contributed by atoms with E-state index in [0.29, 0.717) is 30.7 Å². The predicted molar refractivity (Wildman–Crippen MR) is 88.8 cm³/mol. The number of carboxylic acids is 2. The normalized spacial score (nSPS) is 11.6. The van der Waals surface area contributed by atoms with Crippen molar-refractivity contribution in [2.45, 2.75) is 38.1 Å². The van der Waals surface area contributed by atoms with Gasteiger partial charge in [-0.2, -0.15) is 0 Å². The molecule has 0 spiro atoms. The van der Waals surface area contributed by atoms with Gasteiger partial charge < -0.3 is 15.9 Å². The molecule has 1 aromatic rings. The molecule has 1 atom stereocenters. The molecule has 0 fully saturated rings. The van der Waals surface area contributed by atoms with Gasteiger partial charge in [-0.15, -0.1) is 0 Å². The lowest BCUT2D eigenvalue weighted by Gasteiger charge is -2.26. The van der Waals surface area contributed by atoms with Crippen LogP contribution in [0.1, 0.15) is 42.5 Å². The number of aliphatic carboxylic acids is 2. The van der Waals surface area contributed by atoms with Gasteiger partial charge in [0.2, 0.25) is 5.91 Å². The van der Waals surface area contributed by atoms with Gasteiger partial charge in [-0.1, -0.05) is 24.6 Å². The summed E-state index contributed by atoms with van der Waals surface area (Å²) in [5.41, 5.74) is 5.50. The highest BCUT2D eigenvalue weighted by Crippen LogP contribution is 2.15.